The van der Waals surface area contributed by atoms with Crippen LogP contribution in [0.15, 0.2) is 22.6 Å². The summed E-state index contributed by atoms with van der Waals surface area (Å²) in [5.74, 6) is -1.13. The van der Waals surface area contributed by atoms with Gasteiger partial charge in [-0.25, -0.2) is 4.79 Å². The van der Waals surface area contributed by atoms with E-state index in [1.165, 1.54) is 0 Å². The number of Topliss-reactive ketones (excluding diaryl/α,β-unsaturated/α-hetero) is 2. The second-order valence-corrected chi connectivity index (χ2v) is 9.29. The predicted molar refractivity (Wildman–Crippen MR) is 112 cm³/mol. The number of carbonyl (C=O) groups excluding carboxylic acids is 3. The number of nitrogens with zero attached hydrogens (tertiary/aromatic N) is 2. The van der Waals surface area contributed by atoms with Crippen molar-refractivity contribution in [2.45, 2.75) is 50.0 Å². The van der Waals surface area contributed by atoms with Gasteiger partial charge in [-0.05, 0) is 39.8 Å². The average Bonchev–Trinajstić information content (AvgIpc) is 3.16. The van der Waals surface area contributed by atoms with Crippen LogP contribution >= 0.6 is 0 Å². The van der Waals surface area contributed by atoms with Crippen molar-refractivity contribution >= 4 is 17.7 Å². The van der Waals surface area contributed by atoms with Gasteiger partial charge < -0.3 is 35.1 Å². The van der Waals surface area contributed by atoms with Crippen LogP contribution in [0.2, 0.25) is 0 Å². The number of allylic oxidation sites excluding steroid dienone is 2. The third kappa shape index (κ3) is 2.93. The molecule has 32 heavy (non-hydrogen) atoms. The Hall–Kier alpha value is -2.43. The second-order valence-electron chi connectivity index (χ2n) is 9.29. The normalized spacial score (nSPS) is 35.9. The van der Waals surface area contributed by atoms with Crippen molar-refractivity contribution in [1.29, 1.82) is 0 Å². The van der Waals surface area contributed by atoms with Gasteiger partial charge in [0.15, 0.2) is 11.5 Å². The van der Waals surface area contributed by atoms with Crippen LogP contribution in [-0.4, -0.2) is 91.8 Å². The first-order valence-corrected chi connectivity index (χ1v) is 11.2. The zero-order valence-corrected chi connectivity index (χ0v) is 18.7. The Kier molecular flexibility index (Phi) is 5.06. The van der Waals surface area contributed by atoms with Crippen LogP contribution < -0.4 is 11.1 Å². The number of nitrogens with two attached hydrogens (primary N) is 1. The van der Waals surface area contributed by atoms with Crippen molar-refractivity contribution in [3.63, 3.8) is 0 Å². The lowest BCUT2D eigenvalue weighted by atomic mass is 9.83. The predicted octanol–water partition coefficient (Wildman–Crippen LogP) is -0.109. The number of hydrogen-bond acceptors (Lipinski definition) is 9. The summed E-state index contributed by atoms with van der Waals surface area (Å²) < 4.78 is 17.0. The molecule has 0 radical (unpaired) electrons. The molecule has 4 aliphatic heterocycles. The van der Waals surface area contributed by atoms with E-state index in [0.29, 0.717) is 36.0 Å². The third-order valence-corrected chi connectivity index (χ3v) is 7.74. The van der Waals surface area contributed by atoms with E-state index in [-0.39, 0.29) is 36.0 Å². The van der Waals surface area contributed by atoms with E-state index < -0.39 is 17.7 Å². The maximum Gasteiger partial charge on any atom is 0.404 e. The van der Waals surface area contributed by atoms with Gasteiger partial charge in [-0.1, -0.05) is 0 Å². The summed E-state index contributed by atoms with van der Waals surface area (Å²) >= 11 is 0. The summed E-state index contributed by atoms with van der Waals surface area (Å²) in [6.07, 6.45) is 2.11. The molecule has 4 heterocycles. The Bertz CT molecular complexity index is 945. The minimum absolute atomic E-state index is 0.0669. The fourth-order valence-electron chi connectivity index (χ4n) is 6.08. The topological polar surface area (TPSA) is 133 Å². The van der Waals surface area contributed by atoms with Gasteiger partial charge >= 0.3 is 6.09 Å². The number of ether oxygens (including phenoxy) is 3. The Morgan fingerprint density at radius 2 is 2.09 bits per heavy atom. The highest BCUT2D eigenvalue weighted by atomic mass is 16.6. The van der Waals surface area contributed by atoms with E-state index in [2.05, 4.69) is 17.3 Å². The number of methoxy groups -OCH3 is 1. The van der Waals surface area contributed by atoms with E-state index in [0.717, 1.165) is 25.8 Å². The van der Waals surface area contributed by atoms with Gasteiger partial charge in [-0.2, -0.15) is 0 Å². The highest BCUT2D eigenvalue weighted by molar-refractivity contribution is 6.25. The smallest absolute Gasteiger partial charge is 0.404 e. The van der Waals surface area contributed by atoms with E-state index in [9.17, 15) is 14.4 Å². The molecule has 0 aromatic heterocycles. The van der Waals surface area contributed by atoms with Gasteiger partial charge in [0.2, 0.25) is 11.6 Å². The largest absolute Gasteiger partial charge is 0.489 e. The molecule has 5 rings (SSSR count). The molecule has 0 bridgehead atoms. The van der Waals surface area contributed by atoms with E-state index in [1.54, 1.807) is 14.0 Å². The lowest BCUT2D eigenvalue weighted by Gasteiger charge is -2.39. The number of primary amides is 1. The molecule has 0 spiro atoms. The van der Waals surface area contributed by atoms with Gasteiger partial charge in [0.05, 0.1) is 24.3 Å². The van der Waals surface area contributed by atoms with Crippen LogP contribution in [0.3, 0.4) is 0 Å². The summed E-state index contributed by atoms with van der Waals surface area (Å²) in [6.45, 7) is 3.45. The molecule has 5 aliphatic rings. The molecule has 0 aromatic rings. The molecule has 3 saturated heterocycles. The third-order valence-electron chi connectivity index (χ3n) is 7.74. The van der Waals surface area contributed by atoms with Crippen LogP contribution in [0, 0.1) is 5.92 Å². The summed E-state index contributed by atoms with van der Waals surface area (Å²) in [7, 11) is 3.64. The number of rotatable bonds is 7. The number of nitrogens with one attached hydrogen (secondary N) is 1. The molecule has 3 fully saturated rings. The van der Waals surface area contributed by atoms with Crippen molar-refractivity contribution in [2.24, 2.45) is 11.7 Å². The fraction of sp³-hybridized carbons (Fsp3) is 0.682. The minimum atomic E-state index is -0.974. The minimum Gasteiger partial charge on any atom is -0.489 e. The van der Waals surface area contributed by atoms with Crippen molar-refractivity contribution in [3.05, 3.63) is 22.6 Å². The highest BCUT2D eigenvalue weighted by Crippen LogP contribution is 2.55. The summed E-state index contributed by atoms with van der Waals surface area (Å²) in [5, 5.41) is 3.34. The van der Waals surface area contributed by atoms with Crippen molar-refractivity contribution in [1.82, 2.24) is 15.1 Å². The molecule has 10 nitrogen and oxygen atoms in total. The van der Waals surface area contributed by atoms with Crippen LogP contribution in [0.25, 0.3) is 0 Å². The maximum atomic E-state index is 13.6. The zero-order chi connectivity index (χ0) is 22.8. The second kappa shape index (κ2) is 7.57. The standard InChI is InChI=1S/C22H30N4O6/c1-11-17(27)16-15(18(28)19(11)31-8-6-12-5-4-7-25(12)2)13(10-32-21(23)29)22(30-3)20-14(24-20)9-26(16)22/h12-14,20,24H,4-10H2,1-3H3,(H2,23,29). The van der Waals surface area contributed by atoms with E-state index in [1.807, 2.05) is 4.90 Å². The monoisotopic (exact) mass is 446 g/mol. The number of likely N-dealkylation sites (tertiary alicyclic amines) is 1. The van der Waals surface area contributed by atoms with Gasteiger partial charge in [-0.15, -0.1) is 0 Å². The molecule has 10 heteroatoms. The highest BCUT2D eigenvalue weighted by Gasteiger charge is 2.72. The number of fused-ring (bicyclic) bond motifs is 4. The zero-order valence-electron chi connectivity index (χ0n) is 18.7. The molecule has 5 unspecified atom stereocenters. The SMILES string of the molecule is COC12C(COC(N)=O)C3=C(C(=O)C(C)=C(OCCC4CCCN4C)C3=O)N1CC1NC12. The summed E-state index contributed by atoms with van der Waals surface area (Å²) in [4.78, 5) is 42.6. The number of carbonyl (C=O) groups is 3. The molecular weight excluding hydrogens is 416 g/mol. The first-order valence-electron chi connectivity index (χ1n) is 11.2. The van der Waals surface area contributed by atoms with Gasteiger partial charge in [-0.3, -0.25) is 9.59 Å². The number of amides is 1. The quantitative estimate of drug-likeness (QED) is 0.406. The van der Waals surface area contributed by atoms with Crippen molar-refractivity contribution < 1.29 is 28.6 Å². The molecule has 1 amide bonds. The number of piperazine rings is 1. The molecule has 1 aliphatic carbocycles. The molecule has 0 saturated carbocycles. The first-order chi connectivity index (χ1) is 15.3. The van der Waals surface area contributed by atoms with Crippen LogP contribution in [-0.2, 0) is 23.8 Å². The number of ketones is 2. The Labute approximate surface area is 186 Å². The van der Waals surface area contributed by atoms with Crippen LogP contribution in [0.4, 0.5) is 4.79 Å². The van der Waals surface area contributed by atoms with Crippen molar-refractivity contribution in [2.75, 3.05) is 40.5 Å². The Morgan fingerprint density at radius 3 is 2.75 bits per heavy atom. The molecular formula is C22H30N4O6. The summed E-state index contributed by atoms with van der Waals surface area (Å²) in [5.41, 5.74) is 5.18. The average molecular weight is 447 g/mol. The summed E-state index contributed by atoms with van der Waals surface area (Å²) in [6, 6.07) is 0.513. The Balaban J connectivity index is 1.42. The van der Waals surface area contributed by atoms with Gasteiger partial charge in [0.25, 0.3) is 0 Å². The van der Waals surface area contributed by atoms with Crippen molar-refractivity contribution in [3.8, 4) is 0 Å². The lowest BCUT2D eigenvalue weighted by Crippen LogP contribution is -2.55. The van der Waals surface area contributed by atoms with Gasteiger partial charge in [0.1, 0.15) is 6.61 Å². The van der Waals surface area contributed by atoms with Crippen LogP contribution in [0.5, 0.6) is 0 Å². The Morgan fingerprint density at radius 1 is 1.31 bits per heavy atom. The maximum absolute atomic E-state index is 13.6. The lowest BCUT2D eigenvalue weighted by molar-refractivity contribution is -0.137. The fourth-order valence-corrected chi connectivity index (χ4v) is 6.08. The number of hydrogen-bond donors (Lipinski definition) is 2. The van der Waals surface area contributed by atoms with E-state index in [4.69, 9.17) is 19.9 Å². The first kappa shape index (κ1) is 21.4. The molecule has 5 atom stereocenters. The van der Waals surface area contributed by atoms with Crippen LogP contribution in [0.1, 0.15) is 26.2 Å². The van der Waals surface area contributed by atoms with E-state index >= 15 is 0 Å². The molecule has 174 valence electrons. The molecule has 0 aromatic carbocycles. The molecule has 3 N–H and O–H groups in total. The van der Waals surface area contributed by atoms with Gasteiger partial charge in [0, 0.05) is 36.9 Å².